The van der Waals surface area contributed by atoms with Crippen molar-refractivity contribution in [1.29, 1.82) is 0 Å². The van der Waals surface area contributed by atoms with E-state index in [-0.39, 0.29) is 17.1 Å². The molecule has 130 valence electrons. The average Bonchev–Trinajstić information content (AvgIpc) is 3.18. The first-order valence-corrected chi connectivity index (χ1v) is 7.89. The minimum Gasteiger partial charge on any atom is -0.313 e. The van der Waals surface area contributed by atoms with Crippen LogP contribution in [-0.4, -0.2) is 34.9 Å². The summed E-state index contributed by atoms with van der Waals surface area (Å²) in [5.41, 5.74) is 1.19. The minimum atomic E-state index is -0.568. The van der Waals surface area contributed by atoms with Crippen LogP contribution in [0.15, 0.2) is 53.6 Å². The molecule has 4 rings (SSSR count). The van der Waals surface area contributed by atoms with E-state index in [0.717, 1.165) is 0 Å². The van der Waals surface area contributed by atoms with Gasteiger partial charge in [-0.05, 0) is 25.1 Å². The summed E-state index contributed by atoms with van der Waals surface area (Å²) in [4.78, 5) is 33.4. The van der Waals surface area contributed by atoms with Gasteiger partial charge in [-0.3, -0.25) is 14.3 Å². The molecule has 0 aliphatic carbocycles. The van der Waals surface area contributed by atoms with Crippen LogP contribution in [0.1, 0.15) is 16.3 Å². The molecule has 9 nitrogen and oxygen atoms in total. The summed E-state index contributed by atoms with van der Waals surface area (Å²) in [5, 5.41) is 6.70. The highest BCUT2D eigenvalue weighted by Gasteiger charge is 2.21. The molecule has 26 heavy (non-hydrogen) atoms. The third-order valence-electron chi connectivity index (χ3n) is 4.11. The van der Waals surface area contributed by atoms with E-state index in [1.807, 2.05) is 30.3 Å². The lowest BCUT2D eigenvalue weighted by Crippen LogP contribution is -2.23. The summed E-state index contributed by atoms with van der Waals surface area (Å²) < 4.78 is 4.57. The number of nitrogens with one attached hydrogen (secondary N) is 1. The second-order valence-corrected chi connectivity index (χ2v) is 5.69. The monoisotopic (exact) mass is 349 g/mol. The van der Waals surface area contributed by atoms with Gasteiger partial charge in [-0.15, -0.1) is 5.10 Å². The van der Waals surface area contributed by atoms with Gasteiger partial charge in [-0.2, -0.15) is 4.98 Å². The van der Waals surface area contributed by atoms with Crippen LogP contribution in [0.5, 0.6) is 0 Å². The van der Waals surface area contributed by atoms with E-state index in [4.69, 9.17) is 0 Å². The molecule has 0 bridgehead atoms. The molecular weight excluding hydrogens is 334 g/mol. The molecule has 1 amide bonds. The first-order chi connectivity index (χ1) is 12.6. The molecule has 0 radical (unpaired) electrons. The van der Waals surface area contributed by atoms with E-state index in [2.05, 4.69) is 20.4 Å². The Hall–Kier alpha value is -3.75. The number of carbonyl (C=O) groups is 1. The van der Waals surface area contributed by atoms with Crippen molar-refractivity contribution in [3.8, 4) is 5.69 Å². The van der Waals surface area contributed by atoms with E-state index < -0.39 is 5.91 Å². The Balaban J connectivity index is 1.72. The highest BCUT2D eigenvalue weighted by molar-refractivity contribution is 6.02. The minimum absolute atomic E-state index is 0.0578. The van der Waals surface area contributed by atoms with Crippen molar-refractivity contribution in [2.75, 3.05) is 5.32 Å². The van der Waals surface area contributed by atoms with Gasteiger partial charge < -0.3 is 5.32 Å². The number of aromatic nitrogens is 6. The summed E-state index contributed by atoms with van der Waals surface area (Å²) in [6, 6.07) is 10.9. The van der Waals surface area contributed by atoms with Gasteiger partial charge >= 0.3 is 0 Å². The molecule has 1 N–H and O–H groups in total. The molecule has 0 aliphatic heterocycles. The van der Waals surface area contributed by atoms with Gasteiger partial charge in [-0.1, -0.05) is 18.2 Å². The second kappa shape index (κ2) is 5.96. The predicted octanol–water partition coefficient (Wildman–Crippen LogP) is 1.17. The average molecular weight is 349 g/mol. The highest BCUT2D eigenvalue weighted by atomic mass is 16.2. The number of rotatable bonds is 3. The Bertz CT molecular complexity index is 1140. The van der Waals surface area contributed by atoms with Crippen LogP contribution in [-0.2, 0) is 7.05 Å². The van der Waals surface area contributed by atoms with Crippen LogP contribution in [0, 0.1) is 6.92 Å². The predicted molar refractivity (Wildman–Crippen MR) is 94.5 cm³/mol. The molecule has 3 aromatic heterocycles. The molecule has 4 aromatic rings. The number of amides is 1. The van der Waals surface area contributed by atoms with E-state index in [9.17, 15) is 9.59 Å². The van der Waals surface area contributed by atoms with Gasteiger partial charge in [0.05, 0.1) is 11.4 Å². The number of hydrogen-bond donors (Lipinski definition) is 1. The van der Waals surface area contributed by atoms with Crippen LogP contribution < -0.4 is 10.9 Å². The molecule has 0 fully saturated rings. The Morgan fingerprint density at radius 3 is 2.65 bits per heavy atom. The van der Waals surface area contributed by atoms with Gasteiger partial charge in [-0.25, -0.2) is 14.2 Å². The summed E-state index contributed by atoms with van der Waals surface area (Å²) in [7, 11) is 1.76. The lowest BCUT2D eigenvalue weighted by atomic mass is 10.3. The zero-order valence-corrected chi connectivity index (χ0v) is 14.1. The van der Waals surface area contributed by atoms with Crippen molar-refractivity contribution < 1.29 is 4.79 Å². The molecule has 0 saturated carbocycles. The Labute approximate surface area is 147 Å². The third kappa shape index (κ3) is 2.46. The highest BCUT2D eigenvalue weighted by Crippen LogP contribution is 2.14. The molecule has 0 spiro atoms. The SMILES string of the molecule is Cc1c(NC(=O)c2nc3ncccn3n2)c(=O)n(-c2ccccc2)n1C. The Morgan fingerprint density at radius 1 is 1.15 bits per heavy atom. The van der Waals surface area contributed by atoms with Gasteiger partial charge in [0.2, 0.25) is 5.82 Å². The molecule has 0 saturated heterocycles. The molecule has 9 heteroatoms. The number of nitrogens with zero attached hydrogens (tertiary/aromatic N) is 6. The Morgan fingerprint density at radius 2 is 1.92 bits per heavy atom. The maximum Gasteiger partial charge on any atom is 0.295 e. The molecule has 1 aromatic carbocycles. The maximum atomic E-state index is 12.8. The van der Waals surface area contributed by atoms with Crippen molar-refractivity contribution in [3.05, 3.63) is 70.7 Å². The molecular formula is C17H15N7O2. The fourth-order valence-electron chi connectivity index (χ4n) is 2.71. The number of benzene rings is 1. The summed E-state index contributed by atoms with van der Waals surface area (Å²) in [5.74, 6) is -0.316. The summed E-state index contributed by atoms with van der Waals surface area (Å²) >= 11 is 0. The number of para-hydroxylation sites is 1. The first kappa shape index (κ1) is 15.8. The van der Waals surface area contributed by atoms with Crippen LogP contribution in [0.2, 0.25) is 0 Å². The Kier molecular flexibility index (Phi) is 3.61. The zero-order chi connectivity index (χ0) is 18.3. The third-order valence-corrected chi connectivity index (χ3v) is 4.11. The quantitative estimate of drug-likeness (QED) is 0.599. The largest absolute Gasteiger partial charge is 0.313 e. The van der Waals surface area contributed by atoms with Crippen LogP contribution in [0.4, 0.5) is 5.69 Å². The standard InChI is InChI=1S/C17H15N7O2/c1-11-13(16(26)24(22(11)2)12-7-4-3-5-8-12)19-15(25)14-20-17-18-9-6-10-23(17)21-14/h3-10H,1-2H3,(H,19,25). The summed E-state index contributed by atoms with van der Waals surface area (Å²) in [6.45, 7) is 1.76. The first-order valence-electron chi connectivity index (χ1n) is 7.89. The summed E-state index contributed by atoms with van der Waals surface area (Å²) in [6.07, 6.45) is 3.20. The zero-order valence-electron chi connectivity index (χ0n) is 14.1. The van der Waals surface area contributed by atoms with E-state index >= 15 is 0 Å². The topological polar surface area (TPSA) is 99.1 Å². The molecule has 3 heterocycles. The normalized spacial score (nSPS) is 11.0. The molecule has 0 aliphatic rings. The fraction of sp³-hybridized carbons (Fsp3) is 0.118. The van der Waals surface area contributed by atoms with Crippen LogP contribution in [0.25, 0.3) is 11.5 Å². The lowest BCUT2D eigenvalue weighted by Gasteiger charge is -2.07. The van der Waals surface area contributed by atoms with Gasteiger partial charge in [0.1, 0.15) is 5.69 Å². The van der Waals surface area contributed by atoms with Gasteiger partial charge in [0.25, 0.3) is 17.2 Å². The van der Waals surface area contributed by atoms with E-state index in [1.54, 1.807) is 37.1 Å². The van der Waals surface area contributed by atoms with Gasteiger partial charge in [0.15, 0.2) is 0 Å². The van der Waals surface area contributed by atoms with E-state index in [1.165, 1.54) is 9.20 Å². The smallest absolute Gasteiger partial charge is 0.295 e. The second-order valence-electron chi connectivity index (χ2n) is 5.69. The molecule has 0 unspecified atom stereocenters. The van der Waals surface area contributed by atoms with Crippen molar-refractivity contribution in [1.82, 2.24) is 28.9 Å². The van der Waals surface area contributed by atoms with Crippen LogP contribution >= 0.6 is 0 Å². The number of anilines is 1. The van der Waals surface area contributed by atoms with Gasteiger partial charge in [0, 0.05) is 19.4 Å². The number of carbonyl (C=O) groups excluding carboxylic acids is 1. The van der Waals surface area contributed by atoms with Crippen molar-refractivity contribution in [2.45, 2.75) is 6.92 Å². The van der Waals surface area contributed by atoms with Crippen molar-refractivity contribution in [2.24, 2.45) is 7.05 Å². The number of fused-ring (bicyclic) bond motifs is 1. The number of hydrogen-bond acceptors (Lipinski definition) is 5. The van der Waals surface area contributed by atoms with Crippen molar-refractivity contribution >= 4 is 17.4 Å². The fourth-order valence-corrected chi connectivity index (χ4v) is 2.71. The van der Waals surface area contributed by atoms with E-state index in [0.29, 0.717) is 17.2 Å². The van der Waals surface area contributed by atoms with Crippen molar-refractivity contribution in [3.63, 3.8) is 0 Å². The molecule has 0 atom stereocenters. The lowest BCUT2D eigenvalue weighted by molar-refractivity contribution is 0.101. The maximum absolute atomic E-state index is 12.8. The van der Waals surface area contributed by atoms with Crippen LogP contribution in [0.3, 0.4) is 0 Å².